The molecular formula is C18H22FN3O2S. The minimum Gasteiger partial charge on any atom is -0.381 e. The standard InChI is InChI=1S/C18H22FN3O2S/c1-11-2-3-12(9-15(11)19)8-14-10-21-18(25-14)22-17(23)16(20)13-4-6-24-7-5-13/h2-3,9-10,13,16H,4-8,20H2,1H3,(H,21,22,23). The van der Waals surface area contributed by atoms with Crippen LogP contribution < -0.4 is 11.1 Å². The molecular weight excluding hydrogens is 341 g/mol. The fraction of sp³-hybridized carbons (Fsp3) is 0.444. The predicted molar refractivity (Wildman–Crippen MR) is 96.2 cm³/mol. The van der Waals surface area contributed by atoms with E-state index in [4.69, 9.17) is 10.5 Å². The summed E-state index contributed by atoms with van der Waals surface area (Å²) in [6.07, 6.45) is 3.89. The van der Waals surface area contributed by atoms with Gasteiger partial charge in [0.2, 0.25) is 5.91 Å². The molecule has 2 heterocycles. The fourth-order valence-corrected chi connectivity index (χ4v) is 3.72. The third-order valence-electron chi connectivity index (χ3n) is 4.47. The molecule has 25 heavy (non-hydrogen) atoms. The number of benzene rings is 1. The zero-order chi connectivity index (χ0) is 17.8. The van der Waals surface area contributed by atoms with Crippen LogP contribution in [0.3, 0.4) is 0 Å². The smallest absolute Gasteiger partial charge is 0.243 e. The molecule has 0 radical (unpaired) electrons. The Hall–Kier alpha value is -1.83. The molecule has 134 valence electrons. The number of nitrogens with one attached hydrogen (secondary N) is 1. The van der Waals surface area contributed by atoms with Crippen LogP contribution in [-0.4, -0.2) is 30.1 Å². The lowest BCUT2D eigenvalue weighted by Gasteiger charge is -2.26. The lowest BCUT2D eigenvalue weighted by molar-refractivity contribution is -0.119. The molecule has 1 saturated heterocycles. The highest BCUT2D eigenvalue weighted by Crippen LogP contribution is 2.23. The molecule has 0 aliphatic carbocycles. The summed E-state index contributed by atoms with van der Waals surface area (Å²) in [7, 11) is 0. The maximum Gasteiger partial charge on any atom is 0.243 e. The molecule has 1 amide bonds. The highest BCUT2D eigenvalue weighted by atomic mass is 32.1. The number of aryl methyl sites for hydroxylation is 1. The number of nitrogens with zero attached hydrogens (tertiary/aromatic N) is 1. The first-order valence-electron chi connectivity index (χ1n) is 8.37. The number of nitrogens with two attached hydrogens (primary N) is 1. The average Bonchev–Trinajstić information content (AvgIpc) is 3.05. The number of hydrogen-bond donors (Lipinski definition) is 2. The first-order valence-corrected chi connectivity index (χ1v) is 9.18. The quantitative estimate of drug-likeness (QED) is 0.856. The zero-order valence-corrected chi connectivity index (χ0v) is 14.9. The van der Waals surface area contributed by atoms with E-state index in [9.17, 15) is 9.18 Å². The molecule has 7 heteroatoms. The van der Waals surface area contributed by atoms with E-state index in [-0.39, 0.29) is 17.6 Å². The third kappa shape index (κ3) is 4.62. The van der Waals surface area contributed by atoms with Crippen molar-refractivity contribution in [1.29, 1.82) is 0 Å². The molecule has 0 bridgehead atoms. The van der Waals surface area contributed by atoms with Gasteiger partial charge in [0.05, 0.1) is 6.04 Å². The summed E-state index contributed by atoms with van der Waals surface area (Å²) in [5.41, 5.74) is 7.57. The molecule has 1 unspecified atom stereocenters. The van der Waals surface area contributed by atoms with Crippen molar-refractivity contribution < 1.29 is 13.9 Å². The molecule has 1 aromatic heterocycles. The summed E-state index contributed by atoms with van der Waals surface area (Å²) in [6.45, 7) is 3.04. The molecule has 1 atom stereocenters. The van der Waals surface area contributed by atoms with Gasteiger partial charge in [-0.15, -0.1) is 11.3 Å². The summed E-state index contributed by atoms with van der Waals surface area (Å²) in [5.74, 6) is -0.282. The van der Waals surface area contributed by atoms with Crippen LogP contribution in [0.25, 0.3) is 0 Å². The molecule has 0 saturated carbocycles. The van der Waals surface area contributed by atoms with Crippen LogP contribution in [-0.2, 0) is 16.0 Å². The predicted octanol–water partition coefficient (Wildman–Crippen LogP) is 2.87. The molecule has 1 aliphatic rings. The van der Waals surface area contributed by atoms with Crippen molar-refractivity contribution in [2.24, 2.45) is 11.7 Å². The van der Waals surface area contributed by atoms with Crippen molar-refractivity contribution in [2.75, 3.05) is 18.5 Å². The Bertz CT molecular complexity index is 744. The van der Waals surface area contributed by atoms with Gasteiger partial charge >= 0.3 is 0 Å². The van der Waals surface area contributed by atoms with E-state index in [1.807, 2.05) is 6.07 Å². The van der Waals surface area contributed by atoms with Gasteiger partial charge in [-0.05, 0) is 42.9 Å². The highest BCUT2D eigenvalue weighted by molar-refractivity contribution is 7.15. The van der Waals surface area contributed by atoms with Crippen LogP contribution in [0.5, 0.6) is 0 Å². The van der Waals surface area contributed by atoms with Gasteiger partial charge in [0.1, 0.15) is 5.82 Å². The van der Waals surface area contributed by atoms with E-state index in [1.165, 1.54) is 17.4 Å². The van der Waals surface area contributed by atoms with E-state index < -0.39 is 6.04 Å². The minimum absolute atomic E-state index is 0.142. The maximum atomic E-state index is 13.6. The highest BCUT2D eigenvalue weighted by Gasteiger charge is 2.27. The summed E-state index contributed by atoms with van der Waals surface area (Å²) < 4.78 is 18.9. The van der Waals surface area contributed by atoms with Gasteiger partial charge in [-0.2, -0.15) is 0 Å². The first-order chi connectivity index (χ1) is 12.0. The van der Waals surface area contributed by atoms with Gasteiger partial charge < -0.3 is 15.8 Å². The van der Waals surface area contributed by atoms with Gasteiger partial charge in [0.25, 0.3) is 0 Å². The van der Waals surface area contributed by atoms with Gasteiger partial charge in [0, 0.05) is 30.7 Å². The number of carbonyl (C=O) groups excluding carboxylic acids is 1. The van der Waals surface area contributed by atoms with Crippen LogP contribution in [0.4, 0.5) is 9.52 Å². The monoisotopic (exact) mass is 363 g/mol. The Morgan fingerprint density at radius 3 is 2.96 bits per heavy atom. The van der Waals surface area contributed by atoms with Crippen LogP contribution in [0, 0.1) is 18.7 Å². The van der Waals surface area contributed by atoms with E-state index in [1.54, 1.807) is 19.2 Å². The molecule has 2 aromatic rings. The van der Waals surface area contributed by atoms with Gasteiger partial charge in [-0.25, -0.2) is 9.37 Å². The van der Waals surface area contributed by atoms with Crippen LogP contribution >= 0.6 is 11.3 Å². The van der Waals surface area contributed by atoms with E-state index in [0.717, 1.165) is 23.3 Å². The average molecular weight is 363 g/mol. The SMILES string of the molecule is Cc1ccc(Cc2cnc(NC(=O)C(N)C3CCOCC3)s2)cc1F. The van der Waals surface area contributed by atoms with Gasteiger partial charge in [-0.3, -0.25) is 4.79 Å². The van der Waals surface area contributed by atoms with E-state index in [0.29, 0.717) is 30.3 Å². The topological polar surface area (TPSA) is 77.2 Å². The van der Waals surface area contributed by atoms with Crippen LogP contribution in [0.15, 0.2) is 24.4 Å². The fourth-order valence-electron chi connectivity index (χ4n) is 2.87. The van der Waals surface area contributed by atoms with Gasteiger partial charge in [-0.1, -0.05) is 12.1 Å². The zero-order valence-electron chi connectivity index (χ0n) is 14.1. The molecule has 0 spiro atoms. The van der Waals surface area contributed by atoms with Crippen molar-refractivity contribution in [2.45, 2.75) is 32.2 Å². The molecule has 1 fully saturated rings. The number of carbonyl (C=O) groups is 1. The number of rotatable bonds is 5. The number of halogens is 1. The Balaban J connectivity index is 1.59. The lowest BCUT2D eigenvalue weighted by Crippen LogP contribution is -2.43. The molecule has 3 rings (SSSR count). The third-order valence-corrected chi connectivity index (χ3v) is 5.39. The summed E-state index contributed by atoms with van der Waals surface area (Å²) >= 11 is 1.38. The number of amides is 1. The normalized spacial score (nSPS) is 16.6. The summed E-state index contributed by atoms with van der Waals surface area (Å²) in [5, 5.41) is 3.32. The Kier molecular flexibility index (Phi) is 5.78. The lowest BCUT2D eigenvalue weighted by atomic mass is 9.92. The second-order valence-electron chi connectivity index (χ2n) is 6.36. The van der Waals surface area contributed by atoms with Crippen molar-refractivity contribution in [3.63, 3.8) is 0 Å². The van der Waals surface area contributed by atoms with Crippen molar-refractivity contribution in [1.82, 2.24) is 4.98 Å². The largest absolute Gasteiger partial charge is 0.381 e. The minimum atomic E-state index is -0.553. The number of thiazole rings is 1. The van der Waals surface area contributed by atoms with Crippen molar-refractivity contribution >= 4 is 22.4 Å². The Morgan fingerprint density at radius 1 is 1.48 bits per heavy atom. The first kappa shape index (κ1) is 18.0. The molecule has 1 aromatic carbocycles. The van der Waals surface area contributed by atoms with E-state index >= 15 is 0 Å². The molecule has 5 nitrogen and oxygen atoms in total. The van der Waals surface area contributed by atoms with Gasteiger partial charge in [0.15, 0.2) is 5.13 Å². The number of anilines is 1. The Morgan fingerprint density at radius 2 is 2.24 bits per heavy atom. The second-order valence-corrected chi connectivity index (χ2v) is 7.47. The van der Waals surface area contributed by atoms with Crippen LogP contribution in [0.2, 0.25) is 0 Å². The summed E-state index contributed by atoms with van der Waals surface area (Å²) in [4.78, 5) is 17.5. The Labute approximate surface area is 150 Å². The second kappa shape index (κ2) is 8.03. The number of hydrogen-bond acceptors (Lipinski definition) is 5. The van der Waals surface area contributed by atoms with Crippen LogP contribution in [0.1, 0.15) is 28.8 Å². The number of ether oxygens (including phenoxy) is 1. The van der Waals surface area contributed by atoms with Crippen molar-refractivity contribution in [3.8, 4) is 0 Å². The molecule has 1 aliphatic heterocycles. The maximum absolute atomic E-state index is 13.6. The summed E-state index contributed by atoms with van der Waals surface area (Å²) in [6, 6.07) is 4.65. The number of aromatic nitrogens is 1. The van der Waals surface area contributed by atoms with Crippen molar-refractivity contribution in [3.05, 3.63) is 46.2 Å². The van der Waals surface area contributed by atoms with E-state index in [2.05, 4.69) is 10.3 Å². The molecule has 3 N–H and O–H groups in total.